The summed E-state index contributed by atoms with van der Waals surface area (Å²) in [7, 11) is 0. The van der Waals surface area contributed by atoms with Crippen LogP contribution in [0.2, 0.25) is 0 Å². The number of nitrogens with zero attached hydrogens (tertiary/aromatic N) is 1. The SMILES string of the molecule is CCn1c2c(c3cc(OCc4ccccc4)ccc31)CCCC2=O. The third-order valence-electron chi connectivity index (χ3n) is 4.80. The summed E-state index contributed by atoms with van der Waals surface area (Å²) >= 11 is 0. The summed E-state index contributed by atoms with van der Waals surface area (Å²) in [5, 5.41) is 1.17. The first-order valence-electron chi connectivity index (χ1n) is 8.63. The summed E-state index contributed by atoms with van der Waals surface area (Å²) in [6.45, 7) is 3.48. The van der Waals surface area contributed by atoms with E-state index in [0.717, 1.165) is 41.9 Å². The van der Waals surface area contributed by atoms with Gasteiger partial charge in [-0.05, 0) is 49.1 Å². The van der Waals surface area contributed by atoms with Gasteiger partial charge in [-0.15, -0.1) is 0 Å². The molecule has 24 heavy (non-hydrogen) atoms. The van der Waals surface area contributed by atoms with E-state index >= 15 is 0 Å². The zero-order chi connectivity index (χ0) is 16.5. The topological polar surface area (TPSA) is 31.2 Å². The van der Waals surface area contributed by atoms with Crippen molar-refractivity contribution >= 4 is 16.7 Å². The predicted octanol–water partition coefficient (Wildman–Crippen LogP) is 4.76. The second-order valence-corrected chi connectivity index (χ2v) is 6.30. The molecule has 0 saturated heterocycles. The van der Waals surface area contributed by atoms with Crippen LogP contribution in [0.3, 0.4) is 0 Å². The molecule has 3 nitrogen and oxygen atoms in total. The molecular formula is C21H21NO2. The van der Waals surface area contributed by atoms with Crippen molar-refractivity contribution < 1.29 is 9.53 Å². The van der Waals surface area contributed by atoms with Crippen molar-refractivity contribution in [2.24, 2.45) is 0 Å². The molecule has 1 heterocycles. The van der Waals surface area contributed by atoms with E-state index in [9.17, 15) is 4.79 Å². The van der Waals surface area contributed by atoms with E-state index in [1.54, 1.807) is 0 Å². The van der Waals surface area contributed by atoms with E-state index in [0.29, 0.717) is 13.0 Å². The summed E-state index contributed by atoms with van der Waals surface area (Å²) in [5.74, 6) is 1.14. The number of aryl methyl sites for hydroxylation is 2. The maximum atomic E-state index is 12.4. The molecule has 0 bridgehead atoms. The lowest BCUT2D eigenvalue weighted by atomic mass is 9.94. The molecule has 122 valence electrons. The first kappa shape index (κ1) is 15.0. The summed E-state index contributed by atoms with van der Waals surface area (Å²) in [6.07, 6.45) is 2.59. The highest BCUT2D eigenvalue weighted by Gasteiger charge is 2.25. The minimum absolute atomic E-state index is 0.279. The number of Topliss-reactive ketones (excluding diaryl/α,β-unsaturated/α-hetero) is 1. The molecule has 1 aliphatic carbocycles. The van der Waals surface area contributed by atoms with Crippen LogP contribution in [0.4, 0.5) is 0 Å². The van der Waals surface area contributed by atoms with Crippen molar-refractivity contribution in [2.45, 2.75) is 39.3 Å². The molecule has 0 fully saturated rings. The molecule has 0 radical (unpaired) electrons. The van der Waals surface area contributed by atoms with Crippen molar-refractivity contribution in [1.82, 2.24) is 4.57 Å². The lowest BCUT2D eigenvalue weighted by Crippen LogP contribution is -2.14. The van der Waals surface area contributed by atoms with Crippen LogP contribution in [0, 0.1) is 0 Å². The highest BCUT2D eigenvalue weighted by Crippen LogP contribution is 2.34. The molecule has 0 atom stereocenters. The van der Waals surface area contributed by atoms with Crippen LogP contribution in [0.5, 0.6) is 5.75 Å². The van der Waals surface area contributed by atoms with E-state index in [4.69, 9.17) is 4.74 Å². The average Bonchev–Trinajstić information content (AvgIpc) is 2.95. The van der Waals surface area contributed by atoms with E-state index < -0.39 is 0 Å². The van der Waals surface area contributed by atoms with Crippen LogP contribution >= 0.6 is 0 Å². The van der Waals surface area contributed by atoms with Gasteiger partial charge in [-0.1, -0.05) is 30.3 Å². The van der Waals surface area contributed by atoms with Gasteiger partial charge in [0, 0.05) is 23.9 Å². The standard InChI is InChI=1S/C21H21NO2/c1-2-22-19-12-11-16(24-14-15-7-4-3-5-8-15)13-18(19)17-9-6-10-20(23)21(17)22/h3-5,7-8,11-13H,2,6,9-10,14H2,1H3. The van der Waals surface area contributed by atoms with Crippen molar-refractivity contribution in [3.63, 3.8) is 0 Å². The van der Waals surface area contributed by atoms with E-state index in [-0.39, 0.29) is 5.78 Å². The van der Waals surface area contributed by atoms with Crippen LogP contribution in [0.15, 0.2) is 48.5 Å². The molecule has 2 aromatic carbocycles. The highest BCUT2D eigenvalue weighted by atomic mass is 16.5. The Kier molecular flexibility index (Phi) is 3.85. The maximum Gasteiger partial charge on any atom is 0.179 e. The normalized spacial score (nSPS) is 14.0. The van der Waals surface area contributed by atoms with E-state index in [1.165, 1.54) is 10.9 Å². The van der Waals surface area contributed by atoms with Crippen molar-refractivity contribution in [3.05, 3.63) is 65.4 Å². The number of rotatable bonds is 4. The summed E-state index contributed by atoms with van der Waals surface area (Å²) in [6, 6.07) is 16.4. The number of hydrogen-bond donors (Lipinski definition) is 0. The zero-order valence-corrected chi connectivity index (χ0v) is 13.9. The van der Waals surface area contributed by atoms with Gasteiger partial charge in [-0.3, -0.25) is 4.79 Å². The molecule has 1 aromatic heterocycles. The van der Waals surface area contributed by atoms with Gasteiger partial charge in [0.05, 0.1) is 5.69 Å². The average molecular weight is 319 g/mol. The number of ketones is 1. The Morgan fingerprint density at radius 3 is 2.71 bits per heavy atom. The number of aromatic nitrogens is 1. The first-order chi connectivity index (χ1) is 11.8. The van der Waals surface area contributed by atoms with Crippen LogP contribution < -0.4 is 4.74 Å². The summed E-state index contributed by atoms with van der Waals surface area (Å²) in [5.41, 5.74) is 4.41. The van der Waals surface area contributed by atoms with Gasteiger partial charge >= 0.3 is 0 Å². The van der Waals surface area contributed by atoms with Crippen molar-refractivity contribution in [3.8, 4) is 5.75 Å². The molecule has 4 rings (SSSR count). The molecular weight excluding hydrogens is 298 g/mol. The molecule has 0 amide bonds. The lowest BCUT2D eigenvalue weighted by molar-refractivity contribution is 0.0963. The number of fused-ring (bicyclic) bond motifs is 3. The molecule has 0 spiro atoms. The Morgan fingerprint density at radius 2 is 1.92 bits per heavy atom. The van der Waals surface area contributed by atoms with Gasteiger partial charge in [0.2, 0.25) is 0 Å². The Labute approximate surface area is 141 Å². The third-order valence-corrected chi connectivity index (χ3v) is 4.80. The zero-order valence-electron chi connectivity index (χ0n) is 13.9. The van der Waals surface area contributed by atoms with Gasteiger partial charge in [0.25, 0.3) is 0 Å². The molecule has 0 N–H and O–H groups in total. The fourth-order valence-corrected chi connectivity index (χ4v) is 3.68. The fraction of sp³-hybridized carbons (Fsp3) is 0.286. The van der Waals surface area contributed by atoms with Crippen molar-refractivity contribution in [1.29, 1.82) is 0 Å². The smallest absolute Gasteiger partial charge is 0.179 e. The number of benzene rings is 2. The molecule has 0 unspecified atom stereocenters. The first-order valence-corrected chi connectivity index (χ1v) is 8.63. The van der Waals surface area contributed by atoms with Crippen LogP contribution in [0.25, 0.3) is 10.9 Å². The van der Waals surface area contributed by atoms with Crippen LogP contribution in [-0.2, 0) is 19.6 Å². The van der Waals surface area contributed by atoms with Gasteiger partial charge in [-0.2, -0.15) is 0 Å². The third kappa shape index (κ3) is 2.50. The Bertz CT molecular complexity index is 893. The Morgan fingerprint density at radius 1 is 1.08 bits per heavy atom. The minimum atomic E-state index is 0.279. The fourth-order valence-electron chi connectivity index (χ4n) is 3.68. The highest BCUT2D eigenvalue weighted by molar-refractivity contribution is 6.04. The van der Waals surface area contributed by atoms with Gasteiger partial charge in [0.15, 0.2) is 5.78 Å². The number of hydrogen-bond acceptors (Lipinski definition) is 2. The molecule has 0 aliphatic heterocycles. The Balaban J connectivity index is 1.71. The van der Waals surface area contributed by atoms with Crippen molar-refractivity contribution in [2.75, 3.05) is 0 Å². The van der Waals surface area contributed by atoms with Crippen LogP contribution in [0.1, 0.15) is 41.4 Å². The van der Waals surface area contributed by atoms with Gasteiger partial charge < -0.3 is 9.30 Å². The maximum absolute atomic E-state index is 12.4. The predicted molar refractivity (Wildman–Crippen MR) is 95.7 cm³/mol. The second kappa shape index (κ2) is 6.16. The molecule has 1 aliphatic rings. The molecule has 3 heteroatoms. The molecule has 0 saturated carbocycles. The van der Waals surface area contributed by atoms with E-state index in [2.05, 4.69) is 35.8 Å². The van der Waals surface area contributed by atoms with Gasteiger partial charge in [0.1, 0.15) is 12.4 Å². The molecule has 3 aromatic rings. The second-order valence-electron chi connectivity index (χ2n) is 6.30. The minimum Gasteiger partial charge on any atom is -0.489 e. The van der Waals surface area contributed by atoms with E-state index in [1.807, 2.05) is 24.3 Å². The van der Waals surface area contributed by atoms with Gasteiger partial charge in [-0.25, -0.2) is 0 Å². The monoisotopic (exact) mass is 319 g/mol. The number of carbonyl (C=O) groups excluding carboxylic acids is 1. The lowest BCUT2D eigenvalue weighted by Gasteiger charge is -2.13. The quantitative estimate of drug-likeness (QED) is 0.694. The largest absolute Gasteiger partial charge is 0.489 e. The summed E-state index contributed by atoms with van der Waals surface area (Å²) < 4.78 is 8.13. The number of ether oxygens (including phenoxy) is 1. The van der Waals surface area contributed by atoms with Crippen LogP contribution in [-0.4, -0.2) is 10.4 Å². The summed E-state index contributed by atoms with van der Waals surface area (Å²) in [4.78, 5) is 12.4. The number of carbonyl (C=O) groups is 1. The Hall–Kier alpha value is -2.55.